The average molecular weight is 437 g/mol. The lowest BCUT2D eigenvalue weighted by atomic mass is 9.96. The maximum atomic E-state index is 13.3. The molecule has 0 aromatic heterocycles. The molecule has 32 heavy (non-hydrogen) atoms. The Balaban J connectivity index is 1.92. The van der Waals surface area contributed by atoms with Crippen molar-refractivity contribution in [2.75, 3.05) is 11.4 Å². The van der Waals surface area contributed by atoms with Gasteiger partial charge in [0.2, 0.25) is 6.17 Å². The molecule has 2 N–H and O–H groups in total. The van der Waals surface area contributed by atoms with Crippen LogP contribution in [0.2, 0.25) is 0 Å². The van der Waals surface area contributed by atoms with E-state index in [1.165, 1.54) is 4.90 Å². The first-order valence-electron chi connectivity index (χ1n) is 10.4. The first kappa shape index (κ1) is 23.0. The summed E-state index contributed by atoms with van der Waals surface area (Å²) >= 11 is 0. The molecular weight excluding hydrogens is 410 g/mol. The summed E-state index contributed by atoms with van der Waals surface area (Å²) in [5.74, 6) is -1.56. The number of benzene rings is 2. The minimum Gasteiger partial charge on any atom is -0.480 e. The van der Waals surface area contributed by atoms with E-state index in [-0.39, 0.29) is 12.5 Å². The monoisotopic (exact) mass is 437 g/mol. The van der Waals surface area contributed by atoms with Crippen LogP contribution in [0.25, 0.3) is 0 Å². The summed E-state index contributed by atoms with van der Waals surface area (Å²) < 4.78 is 5.25. The Morgan fingerprint density at radius 3 is 2.53 bits per heavy atom. The number of nitrogens with one attached hydrogen (secondary N) is 1. The fraction of sp³-hybridized carbons (Fsp3) is 0.333. The molecule has 1 aliphatic heterocycles. The SMILES string of the molecule is Cc1cccc2c1N(CC(=O)O)C(=O)[C@@H](NC(=O)OCc1ccccc1)N=C2CC(C)C. The van der Waals surface area contributed by atoms with E-state index in [9.17, 15) is 19.5 Å². The molecule has 0 fully saturated rings. The maximum Gasteiger partial charge on any atom is 0.409 e. The molecule has 168 valence electrons. The third kappa shape index (κ3) is 5.51. The second kappa shape index (κ2) is 10.1. The summed E-state index contributed by atoms with van der Waals surface area (Å²) in [6.45, 7) is 5.36. The number of para-hydroxylation sites is 1. The Bertz CT molecular complexity index is 1030. The van der Waals surface area contributed by atoms with Crippen LogP contribution in [0.4, 0.5) is 10.5 Å². The predicted octanol–water partition coefficient (Wildman–Crippen LogP) is 3.51. The van der Waals surface area contributed by atoms with Gasteiger partial charge in [0, 0.05) is 11.3 Å². The quantitative estimate of drug-likeness (QED) is 0.689. The number of rotatable bonds is 7. The molecule has 0 unspecified atom stereocenters. The fourth-order valence-corrected chi connectivity index (χ4v) is 3.60. The van der Waals surface area contributed by atoms with Crippen LogP contribution in [-0.4, -0.2) is 41.5 Å². The summed E-state index contributed by atoms with van der Waals surface area (Å²) in [5, 5.41) is 11.9. The number of carboxylic acid groups (broad SMARTS) is 1. The van der Waals surface area contributed by atoms with Crippen LogP contribution >= 0.6 is 0 Å². The molecule has 1 atom stereocenters. The molecule has 0 saturated heterocycles. The van der Waals surface area contributed by atoms with E-state index in [1.807, 2.05) is 69.3 Å². The lowest BCUT2D eigenvalue weighted by Crippen LogP contribution is -2.49. The summed E-state index contributed by atoms with van der Waals surface area (Å²) in [5.41, 5.74) is 3.38. The number of benzodiazepines with no additional fused rings is 1. The highest BCUT2D eigenvalue weighted by Gasteiger charge is 2.35. The van der Waals surface area contributed by atoms with Crippen LogP contribution in [0, 0.1) is 12.8 Å². The third-order valence-corrected chi connectivity index (χ3v) is 4.97. The number of aliphatic imine (C=N–C) groups is 1. The van der Waals surface area contributed by atoms with Crippen molar-refractivity contribution in [1.29, 1.82) is 0 Å². The van der Waals surface area contributed by atoms with E-state index in [2.05, 4.69) is 10.3 Å². The van der Waals surface area contributed by atoms with Crippen molar-refractivity contribution < 1.29 is 24.2 Å². The fourth-order valence-electron chi connectivity index (χ4n) is 3.60. The van der Waals surface area contributed by atoms with Crippen molar-refractivity contribution >= 4 is 29.4 Å². The van der Waals surface area contributed by atoms with E-state index >= 15 is 0 Å². The molecular formula is C24H27N3O5. The molecule has 8 heteroatoms. The number of carboxylic acids is 1. The number of alkyl carbamates (subject to hydrolysis) is 1. The lowest BCUT2D eigenvalue weighted by molar-refractivity contribution is -0.136. The van der Waals surface area contributed by atoms with E-state index in [0.717, 1.165) is 11.1 Å². The number of hydrogen-bond acceptors (Lipinski definition) is 5. The van der Waals surface area contributed by atoms with Crippen molar-refractivity contribution in [1.82, 2.24) is 5.32 Å². The molecule has 0 saturated carbocycles. The summed E-state index contributed by atoms with van der Waals surface area (Å²) in [7, 11) is 0. The number of carbonyl (C=O) groups excluding carboxylic acids is 2. The number of nitrogens with zero attached hydrogens (tertiary/aromatic N) is 2. The Hall–Kier alpha value is -3.68. The molecule has 1 heterocycles. The Kier molecular flexibility index (Phi) is 7.25. The minimum atomic E-state index is -1.29. The van der Waals surface area contributed by atoms with Crippen molar-refractivity contribution in [2.45, 2.75) is 40.0 Å². The first-order chi connectivity index (χ1) is 15.3. The molecule has 0 spiro atoms. The van der Waals surface area contributed by atoms with Gasteiger partial charge in [0.15, 0.2) is 0 Å². The van der Waals surface area contributed by atoms with E-state index in [0.29, 0.717) is 23.4 Å². The van der Waals surface area contributed by atoms with Crippen molar-refractivity contribution in [3.05, 3.63) is 65.2 Å². The van der Waals surface area contributed by atoms with Gasteiger partial charge in [-0.15, -0.1) is 0 Å². The lowest BCUT2D eigenvalue weighted by Gasteiger charge is -2.25. The van der Waals surface area contributed by atoms with Gasteiger partial charge in [0.05, 0.1) is 5.69 Å². The highest BCUT2D eigenvalue weighted by Crippen LogP contribution is 2.31. The second-order valence-corrected chi connectivity index (χ2v) is 8.07. The standard InChI is InChI=1S/C24H27N3O5/c1-15(2)12-19-18-11-7-8-16(3)21(18)27(13-20(28)29)23(30)22(25-19)26-24(31)32-14-17-9-5-4-6-10-17/h4-11,15,22H,12-14H2,1-3H3,(H,26,31)(H,28,29)/t22-/m1/s1. The van der Waals surface area contributed by atoms with Crippen LogP contribution in [0.1, 0.15) is 37.0 Å². The van der Waals surface area contributed by atoms with Crippen LogP contribution in [0.5, 0.6) is 0 Å². The van der Waals surface area contributed by atoms with Gasteiger partial charge >= 0.3 is 12.1 Å². The molecule has 0 aliphatic carbocycles. The molecule has 2 amide bonds. The Labute approximate surface area is 186 Å². The zero-order chi connectivity index (χ0) is 23.3. The molecule has 0 radical (unpaired) electrons. The summed E-state index contributed by atoms with van der Waals surface area (Å²) in [4.78, 5) is 43.0. The molecule has 1 aliphatic rings. The molecule has 8 nitrogen and oxygen atoms in total. The molecule has 0 bridgehead atoms. The number of amides is 2. The molecule has 3 rings (SSSR count). The van der Waals surface area contributed by atoms with Crippen LogP contribution < -0.4 is 10.2 Å². The number of aryl methyl sites for hydroxylation is 1. The normalized spacial score (nSPS) is 15.6. The van der Waals surface area contributed by atoms with Crippen LogP contribution in [0.15, 0.2) is 53.5 Å². The number of carbonyl (C=O) groups is 3. The van der Waals surface area contributed by atoms with Crippen molar-refractivity contribution in [3.63, 3.8) is 0 Å². The Morgan fingerprint density at radius 2 is 1.88 bits per heavy atom. The van der Waals surface area contributed by atoms with E-state index in [4.69, 9.17) is 4.74 Å². The maximum absolute atomic E-state index is 13.3. The number of aliphatic carboxylic acids is 1. The van der Waals surface area contributed by atoms with Gasteiger partial charge in [0.25, 0.3) is 5.91 Å². The van der Waals surface area contributed by atoms with Gasteiger partial charge in [-0.25, -0.2) is 4.79 Å². The van der Waals surface area contributed by atoms with Crippen molar-refractivity contribution in [2.24, 2.45) is 10.9 Å². The zero-order valence-electron chi connectivity index (χ0n) is 18.4. The number of hydrogen-bond donors (Lipinski definition) is 2. The third-order valence-electron chi connectivity index (χ3n) is 4.97. The topological polar surface area (TPSA) is 108 Å². The number of ether oxygens (including phenoxy) is 1. The van der Waals surface area contributed by atoms with Crippen LogP contribution in [0.3, 0.4) is 0 Å². The van der Waals surface area contributed by atoms with Crippen LogP contribution in [-0.2, 0) is 20.9 Å². The second-order valence-electron chi connectivity index (χ2n) is 8.07. The first-order valence-corrected chi connectivity index (χ1v) is 10.4. The largest absolute Gasteiger partial charge is 0.480 e. The van der Waals surface area contributed by atoms with Gasteiger partial charge in [-0.05, 0) is 30.4 Å². The van der Waals surface area contributed by atoms with Gasteiger partial charge < -0.3 is 9.84 Å². The summed E-state index contributed by atoms with van der Waals surface area (Å²) in [6, 6.07) is 14.6. The van der Waals surface area contributed by atoms with E-state index < -0.39 is 30.7 Å². The number of anilines is 1. The number of fused-ring (bicyclic) bond motifs is 1. The molecule has 2 aromatic carbocycles. The highest BCUT2D eigenvalue weighted by atomic mass is 16.5. The minimum absolute atomic E-state index is 0.0360. The average Bonchev–Trinajstić information content (AvgIpc) is 2.84. The zero-order valence-corrected chi connectivity index (χ0v) is 18.4. The molecule has 2 aromatic rings. The van der Waals surface area contributed by atoms with E-state index in [1.54, 1.807) is 0 Å². The van der Waals surface area contributed by atoms with Gasteiger partial charge in [-0.3, -0.25) is 24.8 Å². The predicted molar refractivity (Wildman–Crippen MR) is 121 cm³/mol. The Morgan fingerprint density at radius 1 is 1.16 bits per heavy atom. The summed E-state index contributed by atoms with van der Waals surface area (Å²) in [6.07, 6.45) is -1.54. The van der Waals surface area contributed by atoms with Gasteiger partial charge in [-0.1, -0.05) is 62.4 Å². The highest BCUT2D eigenvalue weighted by molar-refractivity contribution is 6.14. The smallest absolute Gasteiger partial charge is 0.409 e. The van der Waals surface area contributed by atoms with Gasteiger partial charge in [-0.2, -0.15) is 0 Å². The van der Waals surface area contributed by atoms with Crippen molar-refractivity contribution in [3.8, 4) is 0 Å². The van der Waals surface area contributed by atoms with Gasteiger partial charge in [0.1, 0.15) is 13.2 Å².